The Kier molecular flexibility index (Phi) is 3.89. The number of benzene rings is 1. The molecule has 1 heterocycles. The third-order valence-electron chi connectivity index (χ3n) is 2.54. The molecule has 0 bridgehead atoms. The van der Waals surface area contributed by atoms with Crippen molar-refractivity contribution in [2.24, 2.45) is 5.10 Å². The molecule has 0 amide bonds. The standard InChI is InChI=1S/C14H15N3S/c1-16(2)13-8-6-12(7-9-13)14(18)15-17-10-4-3-5-11-17/h3-11H,1-2H3. The second kappa shape index (κ2) is 5.60. The Morgan fingerprint density at radius 2 is 1.67 bits per heavy atom. The quantitative estimate of drug-likeness (QED) is 0.361. The lowest BCUT2D eigenvalue weighted by Gasteiger charge is -2.14. The normalized spacial score (nSPS) is 11.3. The predicted octanol–water partition coefficient (Wildman–Crippen LogP) is 1.80. The summed E-state index contributed by atoms with van der Waals surface area (Å²) in [5.41, 5.74) is 2.10. The zero-order valence-electron chi connectivity index (χ0n) is 10.4. The average molecular weight is 257 g/mol. The number of rotatable bonds is 3. The monoisotopic (exact) mass is 257 g/mol. The lowest BCUT2D eigenvalue weighted by atomic mass is 10.2. The van der Waals surface area contributed by atoms with Crippen molar-refractivity contribution in [3.05, 3.63) is 60.4 Å². The lowest BCUT2D eigenvalue weighted by Crippen LogP contribution is -2.27. The maximum atomic E-state index is 5.31. The third-order valence-corrected chi connectivity index (χ3v) is 2.85. The van der Waals surface area contributed by atoms with Crippen molar-refractivity contribution in [1.82, 2.24) is 0 Å². The molecule has 3 nitrogen and oxygen atoms in total. The van der Waals surface area contributed by atoms with Gasteiger partial charge in [0.2, 0.25) is 12.4 Å². The molecule has 0 saturated carbocycles. The summed E-state index contributed by atoms with van der Waals surface area (Å²) in [5.74, 6) is 0. The summed E-state index contributed by atoms with van der Waals surface area (Å²) in [6, 6.07) is 13.8. The summed E-state index contributed by atoms with van der Waals surface area (Å²) in [6.07, 6.45) is 3.72. The van der Waals surface area contributed by atoms with Crippen LogP contribution in [0.25, 0.3) is 0 Å². The van der Waals surface area contributed by atoms with Crippen LogP contribution in [0.15, 0.2) is 60.0 Å². The van der Waals surface area contributed by atoms with E-state index in [1.807, 2.05) is 69.0 Å². The van der Waals surface area contributed by atoms with E-state index in [9.17, 15) is 0 Å². The third kappa shape index (κ3) is 3.05. The van der Waals surface area contributed by atoms with Crippen molar-refractivity contribution in [3.8, 4) is 0 Å². The van der Waals surface area contributed by atoms with E-state index < -0.39 is 0 Å². The molecule has 0 saturated heterocycles. The van der Waals surface area contributed by atoms with Crippen molar-refractivity contribution in [1.29, 1.82) is 0 Å². The molecule has 2 rings (SSSR count). The number of hydrogen-bond acceptors (Lipinski definition) is 3. The summed E-state index contributed by atoms with van der Waals surface area (Å²) >= 11 is 5.31. The van der Waals surface area contributed by atoms with Gasteiger partial charge in [0, 0.05) is 31.9 Å². The summed E-state index contributed by atoms with van der Waals surface area (Å²) in [4.78, 5) is 2.05. The molecule has 1 aromatic carbocycles. The van der Waals surface area contributed by atoms with Crippen LogP contribution in [-0.2, 0) is 12.6 Å². The Hall–Kier alpha value is -1.94. The molecule has 0 aliphatic carbocycles. The van der Waals surface area contributed by atoms with E-state index in [1.54, 1.807) is 4.68 Å². The van der Waals surface area contributed by atoms with Crippen molar-refractivity contribution >= 4 is 23.4 Å². The number of hydrogen-bond donors (Lipinski definition) is 0. The van der Waals surface area contributed by atoms with Gasteiger partial charge in [0.25, 0.3) is 0 Å². The first-order valence-corrected chi connectivity index (χ1v) is 6.08. The van der Waals surface area contributed by atoms with Gasteiger partial charge in [-0.3, -0.25) is 0 Å². The van der Waals surface area contributed by atoms with E-state index in [1.165, 1.54) is 0 Å². The topological polar surface area (TPSA) is 19.5 Å². The number of anilines is 1. The maximum absolute atomic E-state index is 5.31. The van der Waals surface area contributed by atoms with Gasteiger partial charge in [-0.1, -0.05) is 22.9 Å². The van der Waals surface area contributed by atoms with E-state index in [4.69, 9.17) is 12.6 Å². The zero-order chi connectivity index (χ0) is 13.0. The molecular weight excluding hydrogens is 242 g/mol. The van der Waals surface area contributed by atoms with E-state index in [0.717, 1.165) is 11.3 Å². The molecule has 0 fully saturated rings. The first kappa shape index (κ1) is 12.5. The second-order valence-corrected chi connectivity index (χ2v) is 4.49. The molecule has 0 aliphatic heterocycles. The Balaban J connectivity index is 2.24. The highest BCUT2D eigenvalue weighted by Gasteiger charge is 1.98. The van der Waals surface area contributed by atoms with E-state index in [0.29, 0.717) is 5.04 Å². The number of pyridine rings is 1. The molecule has 0 aliphatic rings. The second-order valence-electron chi connectivity index (χ2n) is 4.10. The molecule has 0 spiro atoms. The molecule has 0 unspecified atom stereocenters. The molecule has 1 aromatic heterocycles. The summed E-state index contributed by atoms with van der Waals surface area (Å²) in [7, 11) is 4.02. The van der Waals surface area contributed by atoms with Gasteiger partial charge in [-0.2, -0.15) is 0 Å². The predicted molar refractivity (Wildman–Crippen MR) is 76.7 cm³/mol. The maximum Gasteiger partial charge on any atom is 0.202 e. The number of aromatic nitrogens is 1. The Labute approximate surface area is 113 Å². The fourth-order valence-electron chi connectivity index (χ4n) is 1.52. The van der Waals surface area contributed by atoms with Crippen LogP contribution in [0.3, 0.4) is 0 Å². The van der Waals surface area contributed by atoms with Gasteiger partial charge >= 0.3 is 0 Å². The van der Waals surface area contributed by atoms with Crippen molar-refractivity contribution in [2.45, 2.75) is 0 Å². The Morgan fingerprint density at radius 1 is 1.06 bits per heavy atom. The molecule has 0 atom stereocenters. The SMILES string of the molecule is CN(C)c1ccc(/C([S-])=N\[n+]2ccccc2)cc1. The van der Waals surface area contributed by atoms with Crippen molar-refractivity contribution in [3.63, 3.8) is 0 Å². The van der Waals surface area contributed by atoms with Gasteiger partial charge < -0.3 is 17.5 Å². The van der Waals surface area contributed by atoms with Crippen LogP contribution in [0.1, 0.15) is 5.56 Å². The molecule has 0 N–H and O–H groups in total. The minimum atomic E-state index is 0.580. The molecular formula is C14H15N3S. The molecule has 0 radical (unpaired) electrons. The van der Waals surface area contributed by atoms with Gasteiger partial charge in [-0.15, -0.1) is 0 Å². The summed E-state index contributed by atoms with van der Waals surface area (Å²) in [5, 5.41) is 4.92. The molecule has 92 valence electrons. The highest BCUT2D eigenvalue weighted by Crippen LogP contribution is 2.12. The van der Waals surface area contributed by atoms with Crippen LogP contribution in [0, 0.1) is 0 Å². The van der Waals surface area contributed by atoms with Gasteiger partial charge in [0.15, 0.2) is 0 Å². The zero-order valence-corrected chi connectivity index (χ0v) is 11.3. The average Bonchev–Trinajstić information content (AvgIpc) is 2.40. The van der Waals surface area contributed by atoms with Crippen molar-refractivity contribution < 1.29 is 4.68 Å². The van der Waals surface area contributed by atoms with Gasteiger partial charge in [-0.25, -0.2) is 0 Å². The Bertz CT molecular complexity index is 533. The van der Waals surface area contributed by atoms with Gasteiger partial charge in [0.05, 0.1) is 0 Å². The van der Waals surface area contributed by atoms with E-state index in [-0.39, 0.29) is 0 Å². The summed E-state index contributed by atoms with van der Waals surface area (Å²) in [6.45, 7) is 0. The van der Waals surface area contributed by atoms with Crippen molar-refractivity contribution in [2.75, 3.05) is 19.0 Å². The Morgan fingerprint density at radius 3 is 2.22 bits per heavy atom. The first-order chi connectivity index (χ1) is 8.66. The van der Waals surface area contributed by atoms with E-state index >= 15 is 0 Å². The van der Waals surface area contributed by atoms with Gasteiger partial charge in [0.1, 0.15) is 0 Å². The fraction of sp³-hybridized carbons (Fsp3) is 0.143. The molecule has 2 aromatic rings. The van der Waals surface area contributed by atoms with Crippen LogP contribution in [0.2, 0.25) is 0 Å². The van der Waals surface area contributed by atoms with Crippen LogP contribution in [-0.4, -0.2) is 19.1 Å². The largest absolute Gasteiger partial charge is 0.754 e. The first-order valence-electron chi connectivity index (χ1n) is 5.67. The van der Waals surface area contributed by atoms with Crippen LogP contribution < -0.4 is 9.58 Å². The van der Waals surface area contributed by atoms with Gasteiger partial charge in [-0.05, 0) is 27.8 Å². The highest BCUT2D eigenvalue weighted by molar-refractivity contribution is 7.78. The lowest BCUT2D eigenvalue weighted by molar-refractivity contribution is -0.678. The van der Waals surface area contributed by atoms with Crippen LogP contribution in [0.4, 0.5) is 5.69 Å². The fourth-order valence-corrected chi connectivity index (χ4v) is 1.75. The van der Waals surface area contributed by atoms with Crippen LogP contribution in [0.5, 0.6) is 0 Å². The molecule has 4 heteroatoms. The minimum absolute atomic E-state index is 0.580. The smallest absolute Gasteiger partial charge is 0.202 e. The summed E-state index contributed by atoms with van der Waals surface area (Å²) < 4.78 is 1.71. The van der Waals surface area contributed by atoms with Crippen LogP contribution >= 0.6 is 0 Å². The molecule has 18 heavy (non-hydrogen) atoms. The van der Waals surface area contributed by atoms with E-state index in [2.05, 4.69) is 10.0 Å². The number of nitrogens with zero attached hydrogens (tertiary/aromatic N) is 3. The minimum Gasteiger partial charge on any atom is -0.754 e. The highest BCUT2D eigenvalue weighted by atomic mass is 32.1.